The lowest BCUT2D eigenvalue weighted by atomic mass is 10.2. The van der Waals surface area contributed by atoms with E-state index in [1.54, 1.807) is 12.1 Å². The number of imidazole rings is 1. The van der Waals surface area contributed by atoms with Gasteiger partial charge in [0.05, 0.1) is 22.9 Å². The van der Waals surface area contributed by atoms with Gasteiger partial charge in [-0.15, -0.1) is 0 Å². The Kier molecular flexibility index (Phi) is 3.22. The largest absolute Gasteiger partial charge is 0.478 e. The fourth-order valence-electron chi connectivity index (χ4n) is 2.84. The fourth-order valence-corrected chi connectivity index (χ4v) is 3.63. The first kappa shape index (κ1) is 12.5. The zero-order valence-electron chi connectivity index (χ0n) is 10.7. The minimum absolute atomic E-state index is 0.297. The second-order valence-corrected chi connectivity index (χ2v) is 6.12. The zero-order valence-corrected chi connectivity index (χ0v) is 11.6. The normalized spacial score (nSPS) is 23.0. The maximum Gasteiger partial charge on any atom is 0.335 e. The molecule has 1 heterocycles. The van der Waals surface area contributed by atoms with Crippen molar-refractivity contribution in [2.75, 3.05) is 6.26 Å². The number of rotatable bonds is 3. The Labute approximate surface area is 115 Å². The highest BCUT2D eigenvalue weighted by Crippen LogP contribution is 2.37. The van der Waals surface area contributed by atoms with E-state index in [9.17, 15) is 4.79 Å². The Morgan fingerprint density at radius 3 is 3.00 bits per heavy atom. The maximum absolute atomic E-state index is 11.0. The van der Waals surface area contributed by atoms with Crippen LogP contribution in [-0.2, 0) is 0 Å². The number of carboxylic acid groups (broad SMARTS) is 1. The molecule has 0 amide bonds. The molecule has 1 aromatic heterocycles. The third-order valence-electron chi connectivity index (χ3n) is 3.91. The van der Waals surface area contributed by atoms with Crippen LogP contribution < -0.4 is 0 Å². The van der Waals surface area contributed by atoms with E-state index < -0.39 is 5.97 Å². The Bertz CT molecular complexity index is 623. The van der Waals surface area contributed by atoms with E-state index >= 15 is 0 Å². The van der Waals surface area contributed by atoms with Crippen molar-refractivity contribution in [2.24, 2.45) is 0 Å². The zero-order chi connectivity index (χ0) is 13.4. The van der Waals surface area contributed by atoms with Crippen LogP contribution in [0.15, 0.2) is 24.5 Å². The quantitative estimate of drug-likeness (QED) is 0.935. The van der Waals surface area contributed by atoms with Crippen LogP contribution in [0.2, 0.25) is 0 Å². The molecule has 0 bridgehead atoms. The summed E-state index contributed by atoms with van der Waals surface area (Å²) in [6.45, 7) is 0. The Morgan fingerprint density at radius 2 is 2.32 bits per heavy atom. The summed E-state index contributed by atoms with van der Waals surface area (Å²) in [5.74, 6) is -0.903. The molecule has 1 aromatic carbocycles. The van der Waals surface area contributed by atoms with Gasteiger partial charge >= 0.3 is 5.97 Å². The van der Waals surface area contributed by atoms with Gasteiger partial charge in [-0.05, 0) is 43.7 Å². The second kappa shape index (κ2) is 4.89. The van der Waals surface area contributed by atoms with Crippen molar-refractivity contribution >= 4 is 28.8 Å². The van der Waals surface area contributed by atoms with Gasteiger partial charge in [0.1, 0.15) is 0 Å². The highest BCUT2D eigenvalue weighted by molar-refractivity contribution is 7.99. The summed E-state index contributed by atoms with van der Waals surface area (Å²) in [6.07, 6.45) is 7.62. The van der Waals surface area contributed by atoms with Crippen LogP contribution in [0.3, 0.4) is 0 Å². The molecule has 2 unspecified atom stereocenters. The van der Waals surface area contributed by atoms with Crippen LogP contribution in [0.5, 0.6) is 0 Å². The summed E-state index contributed by atoms with van der Waals surface area (Å²) in [7, 11) is 0. The summed E-state index contributed by atoms with van der Waals surface area (Å²) < 4.78 is 2.21. The molecule has 2 atom stereocenters. The van der Waals surface area contributed by atoms with Crippen molar-refractivity contribution in [3.63, 3.8) is 0 Å². The first-order chi connectivity index (χ1) is 9.19. The van der Waals surface area contributed by atoms with Crippen molar-refractivity contribution in [1.29, 1.82) is 0 Å². The maximum atomic E-state index is 11.0. The van der Waals surface area contributed by atoms with Gasteiger partial charge < -0.3 is 9.67 Å². The average molecular weight is 276 g/mol. The Balaban J connectivity index is 1.95. The molecule has 1 N–H and O–H groups in total. The molecule has 0 saturated heterocycles. The highest BCUT2D eigenvalue weighted by atomic mass is 32.2. The van der Waals surface area contributed by atoms with Gasteiger partial charge in [0.25, 0.3) is 0 Å². The highest BCUT2D eigenvalue weighted by Gasteiger charge is 2.26. The minimum Gasteiger partial charge on any atom is -0.478 e. The minimum atomic E-state index is -0.903. The number of hydrogen-bond donors (Lipinski definition) is 1. The number of benzene rings is 1. The predicted octanol–water partition coefficient (Wildman–Crippen LogP) is 3.19. The van der Waals surface area contributed by atoms with Gasteiger partial charge in [0.2, 0.25) is 0 Å². The average Bonchev–Trinajstić information content (AvgIpc) is 3.03. The molecule has 0 radical (unpaired) electrons. The number of hydrogen-bond acceptors (Lipinski definition) is 3. The lowest BCUT2D eigenvalue weighted by Crippen LogP contribution is -2.05. The first-order valence-corrected chi connectivity index (χ1v) is 7.70. The summed E-state index contributed by atoms with van der Waals surface area (Å²) >= 11 is 1.93. The van der Waals surface area contributed by atoms with E-state index in [0.29, 0.717) is 11.6 Å². The van der Waals surface area contributed by atoms with Crippen molar-refractivity contribution < 1.29 is 9.90 Å². The van der Waals surface area contributed by atoms with E-state index in [1.165, 1.54) is 19.3 Å². The lowest BCUT2D eigenvalue weighted by molar-refractivity contribution is 0.0697. The fraction of sp³-hybridized carbons (Fsp3) is 0.429. The van der Waals surface area contributed by atoms with Gasteiger partial charge in [-0.1, -0.05) is 0 Å². The van der Waals surface area contributed by atoms with Crippen LogP contribution in [0.1, 0.15) is 35.7 Å². The van der Waals surface area contributed by atoms with Crippen LogP contribution >= 0.6 is 11.8 Å². The third-order valence-corrected chi connectivity index (χ3v) is 5.00. The molecule has 19 heavy (non-hydrogen) atoms. The van der Waals surface area contributed by atoms with Gasteiger partial charge in [0.15, 0.2) is 0 Å². The van der Waals surface area contributed by atoms with E-state index in [-0.39, 0.29) is 0 Å². The number of carbonyl (C=O) groups is 1. The van der Waals surface area contributed by atoms with E-state index in [2.05, 4.69) is 15.8 Å². The lowest BCUT2D eigenvalue weighted by Gasteiger charge is -2.13. The predicted molar refractivity (Wildman–Crippen MR) is 76.9 cm³/mol. The van der Waals surface area contributed by atoms with Crippen molar-refractivity contribution in [3.8, 4) is 0 Å². The Hall–Kier alpha value is -1.49. The van der Waals surface area contributed by atoms with Gasteiger partial charge in [-0.3, -0.25) is 0 Å². The standard InChI is InChI=1S/C14H16N2O2S/c1-19-11-4-3-10(7-11)16-8-15-12-6-9(14(17)18)2-5-13(12)16/h2,5-6,8,10-11H,3-4,7H2,1H3,(H,17,18). The van der Waals surface area contributed by atoms with Crippen LogP contribution in [0.25, 0.3) is 11.0 Å². The molecule has 1 fully saturated rings. The molecule has 0 aliphatic heterocycles. The molecular formula is C14H16N2O2S. The van der Waals surface area contributed by atoms with Gasteiger partial charge in [0, 0.05) is 11.3 Å². The number of thioether (sulfide) groups is 1. The summed E-state index contributed by atoms with van der Waals surface area (Å²) in [6, 6.07) is 5.68. The van der Waals surface area contributed by atoms with Crippen molar-refractivity contribution in [1.82, 2.24) is 9.55 Å². The van der Waals surface area contributed by atoms with E-state index in [1.807, 2.05) is 24.2 Å². The summed E-state index contributed by atoms with van der Waals surface area (Å²) in [4.78, 5) is 15.3. The third kappa shape index (κ3) is 2.23. The molecule has 4 nitrogen and oxygen atoms in total. The molecule has 1 aliphatic carbocycles. The molecule has 100 valence electrons. The number of aromatic nitrogens is 2. The molecule has 1 saturated carbocycles. The topological polar surface area (TPSA) is 55.1 Å². The van der Waals surface area contributed by atoms with Crippen LogP contribution in [-0.4, -0.2) is 32.1 Å². The molecular weight excluding hydrogens is 260 g/mol. The van der Waals surface area contributed by atoms with Crippen molar-refractivity contribution in [2.45, 2.75) is 30.6 Å². The number of nitrogens with zero attached hydrogens (tertiary/aromatic N) is 2. The second-order valence-electron chi connectivity index (χ2n) is 4.99. The van der Waals surface area contributed by atoms with E-state index in [4.69, 9.17) is 5.11 Å². The molecule has 3 rings (SSSR count). The van der Waals surface area contributed by atoms with Crippen molar-refractivity contribution in [3.05, 3.63) is 30.1 Å². The summed E-state index contributed by atoms with van der Waals surface area (Å²) in [5.41, 5.74) is 2.11. The number of carboxylic acids is 1. The molecule has 0 spiro atoms. The molecule has 2 aromatic rings. The van der Waals surface area contributed by atoms with E-state index in [0.717, 1.165) is 16.3 Å². The smallest absolute Gasteiger partial charge is 0.335 e. The van der Waals surface area contributed by atoms with Gasteiger partial charge in [-0.2, -0.15) is 11.8 Å². The van der Waals surface area contributed by atoms with Gasteiger partial charge in [-0.25, -0.2) is 9.78 Å². The monoisotopic (exact) mass is 276 g/mol. The summed E-state index contributed by atoms with van der Waals surface area (Å²) in [5, 5.41) is 9.73. The molecule has 1 aliphatic rings. The van der Waals surface area contributed by atoms with Crippen LogP contribution in [0, 0.1) is 0 Å². The Morgan fingerprint density at radius 1 is 1.47 bits per heavy atom. The number of aromatic carboxylic acids is 1. The van der Waals surface area contributed by atoms with Crippen LogP contribution in [0.4, 0.5) is 0 Å². The number of fused-ring (bicyclic) bond motifs is 1. The SMILES string of the molecule is CSC1CCC(n2cnc3cc(C(=O)O)ccc32)C1. The molecule has 5 heteroatoms. The first-order valence-electron chi connectivity index (χ1n) is 6.41.